The number of amides is 1. The number of fused-ring (bicyclic) bond motifs is 1. The Balaban J connectivity index is 0.000000817. The average Bonchev–Trinajstić information content (AvgIpc) is 2.91. The fraction of sp³-hybridized carbons (Fsp3) is 0.389. The van der Waals surface area contributed by atoms with Gasteiger partial charge in [-0.3, -0.25) is 14.4 Å². The summed E-state index contributed by atoms with van der Waals surface area (Å²) in [4.78, 5) is 36.7. The van der Waals surface area contributed by atoms with Crippen molar-refractivity contribution in [3.05, 3.63) is 35.3 Å². The van der Waals surface area contributed by atoms with Crippen LogP contribution in [0.3, 0.4) is 0 Å². The van der Waals surface area contributed by atoms with Gasteiger partial charge in [-0.2, -0.15) is 0 Å². The SMILES string of the molecule is Cc1[nH]c2ccc(F)cc2c1CC(=O)N1CC[C@@H](O)[C@H](C(=O)O)C1.O=CO. The largest absolute Gasteiger partial charge is 0.483 e. The Morgan fingerprint density at radius 3 is 2.70 bits per heavy atom. The first-order valence-corrected chi connectivity index (χ1v) is 8.31. The Morgan fingerprint density at radius 2 is 2.07 bits per heavy atom. The third kappa shape index (κ3) is 4.62. The van der Waals surface area contributed by atoms with Crippen LogP contribution in [-0.2, 0) is 20.8 Å². The van der Waals surface area contributed by atoms with E-state index in [1.165, 1.54) is 17.0 Å². The number of aromatic amines is 1. The molecule has 1 aromatic heterocycles. The maximum atomic E-state index is 13.5. The quantitative estimate of drug-likeness (QED) is 0.591. The van der Waals surface area contributed by atoms with Crippen LogP contribution in [0.25, 0.3) is 10.9 Å². The van der Waals surface area contributed by atoms with Crippen molar-refractivity contribution < 1.29 is 34.1 Å². The van der Waals surface area contributed by atoms with Crippen molar-refractivity contribution >= 4 is 29.3 Å². The van der Waals surface area contributed by atoms with Crippen molar-refractivity contribution in [3.63, 3.8) is 0 Å². The van der Waals surface area contributed by atoms with E-state index in [0.29, 0.717) is 17.5 Å². The molecule has 9 heteroatoms. The number of piperidine rings is 1. The van der Waals surface area contributed by atoms with Gasteiger partial charge in [0.25, 0.3) is 6.47 Å². The standard InChI is InChI=1S/C17H19FN2O4.CH2O2/c1-9-11(12-6-10(18)2-3-14(12)19-9)7-16(22)20-5-4-15(21)13(8-20)17(23)24;2-1-3/h2-3,6,13,15,19,21H,4-5,7-8H2,1H3,(H,23,24);1H,(H,2,3)/t13-,15-;/m1./s1. The van der Waals surface area contributed by atoms with E-state index in [0.717, 1.165) is 11.2 Å². The molecule has 2 heterocycles. The number of hydrogen-bond donors (Lipinski definition) is 4. The van der Waals surface area contributed by atoms with Crippen molar-refractivity contribution in [3.8, 4) is 0 Å². The predicted molar refractivity (Wildman–Crippen MR) is 93.7 cm³/mol. The van der Waals surface area contributed by atoms with Crippen molar-refractivity contribution in [2.24, 2.45) is 5.92 Å². The van der Waals surface area contributed by atoms with Gasteiger partial charge < -0.3 is 25.2 Å². The lowest BCUT2D eigenvalue weighted by Crippen LogP contribution is -2.49. The van der Waals surface area contributed by atoms with Crippen LogP contribution < -0.4 is 0 Å². The zero-order chi connectivity index (χ0) is 20.1. The Bertz CT molecular complexity index is 850. The number of aliphatic hydroxyl groups excluding tert-OH is 1. The summed E-state index contributed by atoms with van der Waals surface area (Å²) in [5, 5.41) is 26.4. The first kappa shape index (κ1) is 20.4. The van der Waals surface area contributed by atoms with Gasteiger partial charge in [0.1, 0.15) is 11.7 Å². The summed E-state index contributed by atoms with van der Waals surface area (Å²) in [6.07, 6.45) is -0.627. The molecule has 0 unspecified atom stereocenters. The molecule has 4 N–H and O–H groups in total. The maximum absolute atomic E-state index is 13.5. The number of nitrogens with zero attached hydrogens (tertiary/aromatic N) is 1. The number of hydrogen-bond acceptors (Lipinski definition) is 4. The van der Waals surface area contributed by atoms with Crippen molar-refractivity contribution in [2.45, 2.75) is 25.9 Å². The number of halogens is 1. The molecule has 1 amide bonds. The first-order valence-electron chi connectivity index (χ1n) is 8.31. The molecule has 1 aliphatic rings. The van der Waals surface area contributed by atoms with E-state index in [2.05, 4.69) is 4.98 Å². The summed E-state index contributed by atoms with van der Waals surface area (Å²) in [7, 11) is 0. The lowest BCUT2D eigenvalue weighted by atomic mass is 9.94. The number of aryl methyl sites for hydroxylation is 1. The highest BCUT2D eigenvalue weighted by atomic mass is 19.1. The molecule has 0 radical (unpaired) electrons. The number of aliphatic hydroxyl groups is 1. The summed E-state index contributed by atoms with van der Waals surface area (Å²) >= 11 is 0. The summed E-state index contributed by atoms with van der Waals surface area (Å²) in [5.41, 5.74) is 2.26. The molecular weight excluding hydrogens is 359 g/mol. The molecule has 1 aromatic carbocycles. The highest BCUT2D eigenvalue weighted by Crippen LogP contribution is 2.25. The summed E-state index contributed by atoms with van der Waals surface area (Å²) in [6, 6.07) is 4.37. The molecule has 0 spiro atoms. The van der Waals surface area contributed by atoms with Gasteiger partial charge in [-0.05, 0) is 37.1 Å². The topological polar surface area (TPSA) is 131 Å². The fourth-order valence-corrected chi connectivity index (χ4v) is 3.25. The molecule has 2 aromatic rings. The second-order valence-electron chi connectivity index (χ2n) is 6.34. The minimum atomic E-state index is -1.11. The molecule has 3 rings (SSSR count). The van der Waals surface area contributed by atoms with E-state index in [9.17, 15) is 19.1 Å². The van der Waals surface area contributed by atoms with Crippen LogP contribution in [0.1, 0.15) is 17.7 Å². The summed E-state index contributed by atoms with van der Waals surface area (Å²) in [6.45, 7) is 1.88. The molecular formula is C18H21FN2O6. The van der Waals surface area contributed by atoms with Gasteiger partial charge in [0, 0.05) is 29.7 Å². The minimum Gasteiger partial charge on any atom is -0.483 e. The zero-order valence-electron chi connectivity index (χ0n) is 14.7. The monoisotopic (exact) mass is 380 g/mol. The van der Waals surface area contributed by atoms with Crippen LogP contribution in [0, 0.1) is 18.7 Å². The zero-order valence-corrected chi connectivity index (χ0v) is 14.7. The summed E-state index contributed by atoms with van der Waals surface area (Å²) in [5.74, 6) is -2.67. The number of rotatable bonds is 3. The fourth-order valence-electron chi connectivity index (χ4n) is 3.25. The highest BCUT2D eigenvalue weighted by molar-refractivity contribution is 5.90. The smallest absolute Gasteiger partial charge is 0.310 e. The molecule has 8 nitrogen and oxygen atoms in total. The Hall–Kier alpha value is -2.94. The molecule has 0 bridgehead atoms. The van der Waals surface area contributed by atoms with E-state index in [1.807, 2.05) is 6.92 Å². The van der Waals surface area contributed by atoms with Crippen LogP contribution in [-0.4, -0.2) is 62.7 Å². The van der Waals surface area contributed by atoms with E-state index in [4.69, 9.17) is 15.0 Å². The molecule has 27 heavy (non-hydrogen) atoms. The number of aromatic nitrogens is 1. The third-order valence-electron chi connectivity index (χ3n) is 4.66. The van der Waals surface area contributed by atoms with Gasteiger partial charge in [0.15, 0.2) is 0 Å². The van der Waals surface area contributed by atoms with Crippen LogP contribution >= 0.6 is 0 Å². The molecule has 0 saturated carbocycles. The molecule has 1 fully saturated rings. The predicted octanol–water partition coefficient (Wildman–Crippen LogP) is 1.15. The number of carboxylic acids is 1. The second-order valence-corrected chi connectivity index (χ2v) is 6.34. The van der Waals surface area contributed by atoms with E-state index in [-0.39, 0.29) is 37.6 Å². The van der Waals surface area contributed by atoms with Gasteiger partial charge >= 0.3 is 5.97 Å². The van der Waals surface area contributed by atoms with Crippen LogP contribution in [0.15, 0.2) is 18.2 Å². The molecule has 1 saturated heterocycles. The number of aliphatic carboxylic acids is 1. The molecule has 2 atom stereocenters. The van der Waals surface area contributed by atoms with E-state index in [1.54, 1.807) is 6.07 Å². The molecule has 1 aliphatic heterocycles. The van der Waals surface area contributed by atoms with Crippen LogP contribution in [0.5, 0.6) is 0 Å². The highest BCUT2D eigenvalue weighted by Gasteiger charge is 2.35. The minimum absolute atomic E-state index is 0.00883. The van der Waals surface area contributed by atoms with Gasteiger partial charge in [0.05, 0.1) is 12.5 Å². The van der Waals surface area contributed by atoms with Crippen LogP contribution in [0.4, 0.5) is 4.39 Å². The van der Waals surface area contributed by atoms with Gasteiger partial charge in [-0.15, -0.1) is 0 Å². The lowest BCUT2D eigenvalue weighted by Gasteiger charge is -2.34. The Kier molecular flexibility index (Phi) is 6.51. The average molecular weight is 380 g/mol. The maximum Gasteiger partial charge on any atom is 0.310 e. The number of carbonyl (C=O) groups excluding carboxylic acids is 1. The number of H-pyrrole nitrogens is 1. The molecule has 146 valence electrons. The second kappa shape index (κ2) is 8.63. The number of nitrogens with one attached hydrogen (secondary N) is 1. The van der Waals surface area contributed by atoms with E-state index >= 15 is 0 Å². The van der Waals surface area contributed by atoms with Gasteiger partial charge in [-0.25, -0.2) is 4.39 Å². The number of benzene rings is 1. The number of carbonyl (C=O) groups is 3. The van der Waals surface area contributed by atoms with Crippen molar-refractivity contribution in [1.29, 1.82) is 0 Å². The Labute approximate surface area is 154 Å². The van der Waals surface area contributed by atoms with E-state index < -0.39 is 18.0 Å². The Morgan fingerprint density at radius 1 is 1.41 bits per heavy atom. The third-order valence-corrected chi connectivity index (χ3v) is 4.66. The molecule has 0 aliphatic carbocycles. The van der Waals surface area contributed by atoms with Crippen molar-refractivity contribution in [2.75, 3.05) is 13.1 Å². The first-order chi connectivity index (χ1) is 12.8. The number of carboxylic acid groups (broad SMARTS) is 2. The normalized spacial score (nSPS) is 19.3. The van der Waals surface area contributed by atoms with Gasteiger partial charge in [0.2, 0.25) is 5.91 Å². The lowest BCUT2D eigenvalue weighted by molar-refractivity contribution is -0.151. The van der Waals surface area contributed by atoms with Gasteiger partial charge in [-0.1, -0.05) is 0 Å². The van der Waals surface area contributed by atoms with Crippen molar-refractivity contribution in [1.82, 2.24) is 9.88 Å². The summed E-state index contributed by atoms with van der Waals surface area (Å²) < 4.78 is 13.5. The number of likely N-dealkylation sites (tertiary alicyclic amines) is 1. The van der Waals surface area contributed by atoms with Crippen LogP contribution in [0.2, 0.25) is 0 Å².